The molecule has 0 spiro atoms. The fourth-order valence-corrected chi connectivity index (χ4v) is 6.39. The molecule has 5 heteroatoms. The zero-order valence-electron chi connectivity index (χ0n) is 18.1. The van der Waals surface area contributed by atoms with Gasteiger partial charge in [-0.3, -0.25) is 9.59 Å². The zero-order valence-corrected chi connectivity index (χ0v) is 18.1. The van der Waals surface area contributed by atoms with Crippen molar-refractivity contribution in [2.75, 3.05) is 13.2 Å². The lowest BCUT2D eigenvalue weighted by atomic mass is 9.48. The van der Waals surface area contributed by atoms with E-state index in [1.807, 2.05) is 18.2 Å². The maximum absolute atomic E-state index is 12.9. The van der Waals surface area contributed by atoms with Crippen LogP contribution in [-0.4, -0.2) is 30.7 Å². The van der Waals surface area contributed by atoms with Gasteiger partial charge in [0, 0.05) is 16.5 Å². The molecule has 0 N–H and O–H groups in total. The highest BCUT2D eigenvalue weighted by molar-refractivity contribution is 6.09. The molecule has 0 atom stereocenters. The third kappa shape index (κ3) is 4.21. The van der Waals surface area contributed by atoms with Crippen LogP contribution in [0.3, 0.4) is 0 Å². The number of carbonyl (C=O) groups is 3. The maximum Gasteiger partial charge on any atom is 0.344 e. The van der Waals surface area contributed by atoms with Gasteiger partial charge >= 0.3 is 5.97 Å². The number of ketones is 2. The lowest BCUT2D eigenvalue weighted by Gasteiger charge is -2.55. The Hall–Kier alpha value is -2.95. The van der Waals surface area contributed by atoms with E-state index in [1.165, 1.54) is 19.3 Å². The van der Waals surface area contributed by atoms with Gasteiger partial charge in [0.05, 0.1) is 0 Å². The molecule has 4 aliphatic carbocycles. The van der Waals surface area contributed by atoms with E-state index in [0.29, 0.717) is 34.6 Å². The van der Waals surface area contributed by atoms with Crippen molar-refractivity contribution in [3.63, 3.8) is 0 Å². The van der Waals surface area contributed by atoms with Gasteiger partial charge < -0.3 is 9.47 Å². The first-order valence-corrected chi connectivity index (χ1v) is 11.5. The van der Waals surface area contributed by atoms with Gasteiger partial charge in [0.15, 0.2) is 24.8 Å². The van der Waals surface area contributed by atoms with Crippen LogP contribution < -0.4 is 4.74 Å². The Morgan fingerprint density at radius 3 is 1.91 bits per heavy atom. The Labute approximate surface area is 188 Å². The summed E-state index contributed by atoms with van der Waals surface area (Å²) >= 11 is 0. The van der Waals surface area contributed by atoms with Crippen LogP contribution in [-0.2, 0) is 14.3 Å². The minimum absolute atomic E-state index is 0.0697. The van der Waals surface area contributed by atoms with E-state index < -0.39 is 5.97 Å². The van der Waals surface area contributed by atoms with E-state index >= 15 is 0 Å². The molecule has 0 radical (unpaired) electrons. The summed E-state index contributed by atoms with van der Waals surface area (Å²) < 4.78 is 10.8. The fraction of sp³-hybridized carbons (Fsp3) is 0.444. The van der Waals surface area contributed by atoms with E-state index in [0.717, 1.165) is 19.3 Å². The van der Waals surface area contributed by atoms with Crippen LogP contribution in [0.1, 0.15) is 54.4 Å². The van der Waals surface area contributed by atoms with E-state index in [9.17, 15) is 14.4 Å². The molecule has 4 fully saturated rings. The molecule has 0 saturated heterocycles. The van der Waals surface area contributed by atoms with E-state index in [1.54, 1.807) is 36.4 Å². The minimum Gasteiger partial charge on any atom is -0.482 e. The summed E-state index contributed by atoms with van der Waals surface area (Å²) in [5, 5.41) is 0. The number of hydrogen-bond acceptors (Lipinski definition) is 5. The standard InChI is InChI=1S/C27H28O5/c28-24(27-13-18-10-19(14-27)12-20(11-18)15-27)16-32-25(29)17-31-23-8-6-22(7-9-23)26(30)21-4-2-1-3-5-21/h1-9,18-20H,10-17H2. The number of ether oxygens (including phenoxy) is 2. The number of rotatable bonds is 8. The van der Waals surface area contributed by atoms with Crippen LogP contribution in [0.2, 0.25) is 0 Å². The Balaban J connectivity index is 1.10. The molecule has 4 bridgehead atoms. The Morgan fingerprint density at radius 1 is 0.750 bits per heavy atom. The van der Waals surface area contributed by atoms with Crippen LogP contribution in [0.5, 0.6) is 5.75 Å². The normalized spacial score (nSPS) is 27.7. The molecular weight excluding hydrogens is 404 g/mol. The molecule has 5 nitrogen and oxygen atoms in total. The summed E-state index contributed by atoms with van der Waals surface area (Å²) in [7, 11) is 0. The lowest BCUT2D eigenvalue weighted by molar-refractivity contribution is -0.158. The summed E-state index contributed by atoms with van der Waals surface area (Å²) in [5.74, 6) is 1.99. The fourth-order valence-electron chi connectivity index (χ4n) is 6.39. The minimum atomic E-state index is -0.549. The molecule has 4 saturated carbocycles. The summed E-state index contributed by atoms with van der Waals surface area (Å²) in [5.41, 5.74) is 0.914. The maximum atomic E-state index is 12.9. The van der Waals surface area contributed by atoms with Crippen molar-refractivity contribution >= 4 is 17.5 Å². The highest BCUT2D eigenvalue weighted by Crippen LogP contribution is 2.60. The van der Waals surface area contributed by atoms with E-state index in [4.69, 9.17) is 9.47 Å². The largest absolute Gasteiger partial charge is 0.482 e. The average Bonchev–Trinajstić information content (AvgIpc) is 2.80. The van der Waals surface area contributed by atoms with Gasteiger partial charge in [0.25, 0.3) is 0 Å². The van der Waals surface area contributed by atoms with Gasteiger partial charge in [-0.15, -0.1) is 0 Å². The van der Waals surface area contributed by atoms with Crippen LogP contribution in [0.4, 0.5) is 0 Å². The highest BCUT2D eigenvalue weighted by Gasteiger charge is 2.54. The van der Waals surface area contributed by atoms with E-state index in [2.05, 4.69) is 0 Å². The van der Waals surface area contributed by atoms with E-state index in [-0.39, 0.29) is 30.2 Å². The molecule has 0 amide bonds. The molecule has 0 aliphatic heterocycles. The average molecular weight is 433 g/mol. The first kappa shape index (κ1) is 20.9. The topological polar surface area (TPSA) is 69.7 Å². The Kier molecular flexibility index (Phi) is 5.58. The first-order valence-electron chi connectivity index (χ1n) is 11.5. The van der Waals surface area contributed by atoms with Gasteiger partial charge in [-0.05, 0) is 80.5 Å². The highest BCUT2D eigenvalue weighted by atomic mass is 16.6. The van der Waals surface area contributed by atoms with Gasteiger partial charge in [-0.25, -0.2) is 4.79 Å². The molecule has 4 aliphatic rings. The molecule has 0 aromatic heterocycles. The third-order valence-corrected chi connectivity index (χ3v) is 7.50. The molecule has 0 unspecified atom stereocenters. The molecule has 32 heavy (non-hydrogen) atoms. The summed E-state index contributed by atoms with van der Waals surface area (Å²) in [4.78, 5) is 37.6. The molecule has 0 heterocycles. The van der Waals surface area contributed by atoms with Crippen molar-refractivity contribution in [1.29, 1.82) is 0 Å². The van der Waals surface area contributed by atoms with Crippen molar-refractivity contribution in [3.8, 4) is 5.75 Å². The second-order valence-corrected chi connectivity index (χ2v) is 9.79. The quantitative estimate of drug-likeness (QED) is 0.450. The van der Waals surface area contributed by atoms with Crippen LogP contribution in [0.15, 0.2) is 54.6 Å². The van der Waals surface area contributed by atoms with Crippen molar-refractivity contribution in [1.82, 2.24) is 0 Å². The lowest BCUT2D eigenvalue weighted by Crippen LogP contribution is -2.51. The van der Waals surface area contributed by atoms with Crippen molar-refractivity contribution < 1.29 is 23.9 Å². The van der Waals surface area contributed by atoms with Crippen molar-refractivity contribution in [2.24, 2.45) is 23.2 Å². The molecule has 2 aromatic carbocycles. The Bertz CT molecular complexity index is 973. The second-order valence-electron chi connectivity index (χ2n) is 9.79. The number of Topliss-reactive ketones (excluding diaryl/α,β-unsaturated/α-hetero) is 1. The van der Waals surface area contributed by atoms with Gasteiger partial charge in [0.1, 0.15) is 5.75 Å². The molecular formula is C27H28O5. The summed E-state index contributed by atoms with van der Waals surface area (Å²) in [6.07, 6.45) is 6.74. The van der Waals surface area contributed by atoms with Crippen molar-refractivity contribution in [2.45, 2.75) is 38.5 Å². The molecule has 2 aromatic rings. The third-order valence-electron chi connectivity index (χ3n) is 7.50. The monoisotopic (exact) mass is 432 g/mol. The molecule has 166 valence electrons. The number of benzene rings is 2. The van der Waals surface area contributed by atoms with Gasteiger partial charge in [-0.1, -0.05) is 30.3 Å². The number of carbonyl (C=O) groups excluding carboxylic acids is 3. The summed E-state index contributed by atoms with van der Waals surface area (Å²) in [6, 6.07) is 15.7. The first-order chi connectivity index (χ1) is 15.5. The van der Waals surface area contributed by atoms with Crippen molar-refractivity contribution in [3.05, 3.63) is 65.7 Å². The SMILES string of the molecule is O=C(COc1ccc(C(=O)c2ccccc2)cc1)OCC(=O)C12CC3CC(CC(C3)C1)C2. The smallest absolute Gasteiger partial charge is 0.344 e. The Morgan fingerprint density at radius 2 is 1.31 bits per heavy atom. The van der Waals surface area contributed by atoms with Gasteiger partial charge in [-0.2, -0.15) is 0 Å². The summed E-state index contributed by atoms with van der Waals surface area (Å²) in [6.45, 7) is -0.418. The number of esters is 1. The second kappa shape index (κ2) is 8.53. The van der Waals surface area contributed by atoms with Crippen LogP contribution >= 0.6 is 0 Å². The molecule has 6 rings (SSSR count). The predicted molar refractivity (Wildman–Crippen MR) is 118 cm³/mol. The van der Waals surface area contributed by atoms with Gasteiger partial charge in [0.2, 0.25) is 0 Å². The van der Waals surface area contributed by atoms with Crippen LogP contribution in [0, 0.1) is 23.2 Å². The van der Waals surface area contributed by atoms with Crippen LogP contribution in [0.25, 0.3) is 0 Å². The zero-order chi connectivity index (χ0) is 22.1. The predicted octanol–water partition coefficient (Wildman–Crippen LogP) is 4.63. The number of hydrogen-bond donors (Lipinski definition) is 0.